The lowest BCUT2D eigenvalue weighted by atomic mass is 10.0. The van der Waals surface area contributed by atoms with Crippen LogP contribution in [0.25, 0.3) is 22.3 Å². The van der Waals surface area contributed by atoms with Gasteiger partial charge in [-0.2, -0.15) is 0 Å². The number of rotatable bonds is 3. The first-order valence-electron chi connectivity index (χ1n) is 7.80. The van der Waals surface area contributed by atoms with Gasteiger partial charge in [-0.1, -0.05) is 48.5 Å². The molecule has 0 radical (unpaired) electrons. The van der Waals surface area contributed by atoms with Gasteiger partial charge in [0.05, 0.1) is 17.3 Å². The van der Waals surface area contributed by atoms with Crippen molar-refractivity contribution in [3.05, 3.63) is 90.4 Å². The SMILES string of the molecule is NC(c1ccncc1)c1nc(-c2ccccc2)nc2ccccc12. The average Bonchev–Trinajstić information content (AvgIpc) is 2.68. The summed E-state index contributed by atoms with van der Waals surface area (Å²) < 4.78 is 0. The summed E-state index contributed by atoms with van der Waals surface area (Å²) in [5.41, 5.74) is 10.2. The van der Waals surface area contributed by atoms with Gasteiger partial charge in [0.25, 0.3) is 0 Å². The Hall–Kier alpha value is -3.11. The zero-order valence-corrected chi connectivity index (χ0v) is 13.0. The molecule has 2 aromatic heterocycles. The van der Waals surface area contributed by atoms with Gasteiger partial charge in [0, 0.05) is 23.3 Å². The molecule has 0 saturated carbocycles. The largest absolute Gasteiger partial charge is 0.319 e. The van der Waals surface area contributed by atoms with E-state index in [1.165, 1.54) is 0 Å². The molecule has 2 N–H and O–H groups in total. The van der Waals surface area contributed by atoms with Crippen molar-refractivity contribution in [3.8, 4) is 11.4 Å². The third-order valence-corrected chi connectivity index (χ3v) is 4.02. The van der Waals surface area contributed by atoms with Crippen molar-refractivity contribution in [1.82, 2.24) is 15.0 Å². The van der Waals surface area contributed by atoms with Crippen molar-refractivity contribution in [1.29, 1.82) is 0 Å². The molecular formula is C20H16N4. The van der Waals surface area contributed by atoms with Crippen LogP contribution in [0, 0.1) is 0 Å². The number of benzene rings is 2. The molecule has 2 aromatic carbocycles. The van der Waals surface area contributed by atoms with Gasteiger partial charge in [0.1, 0.15) is 0 Å². The van der Waals surface area contributed by atoms with Gasteiger partial charge in [0.15, 0.2) is 5.82 Å². The van der Waals surface area contributed by atoms with Crippen LogP contribution in [0.5, 0.6) is 0 Å². The minimum atomic E-state index is -0.330. The van der Waals surface area contributed by atoms with Crippen molar-refractivity contribution in [2.75, 3.05) is 0 Å². The summed E-state index contributed by atoms with van der Waals surface area (Å²) in [6.07, 6.45) is 3.49. The van der Waals surface area contributed by atoms with Crippen LogP contribution in [0.15, 0.2) is 79.1 Å². The fraction of sp³-hybridized carbons (Fsp3) is 0.0500. The minimum absolute atomic E-state index is 0.330. The maximum atomic E-state index is 6.51. The van der Waals surface area contributed by atoms with Crippen LogP contribution < -0.4 is 5.73 Å². The predicted octanol–water partition coefficient (Wildman–Crippen LogP) is 3.74. The van der Waals surface area contributed by atoms with E-state index in [-0.39, 0.29) is 6.04 Å². The maximum absolute atomic E-state index is 6.51. The Morgan fingerprint density at radius 3 is 2.25 bits per heavy atom. The molecule has 0 aliphatic rings. The standard InChI is InChI=1S/C20H16N4/c21-18(14-10-12-22-13-11-14)19-16-8-4-5-9-17(16)23-20(24-19)15-6-2-1-3-7-15/h1-13,18H,21H2. The molecular weight excluding hydrogens is 296 g/mol. The molecule has 1 atom stereocenters. The Kier molecular flexibility index (Phi) is 3.73. The van der Waals surface area contributed by atoms with Crippen LogP contribution in [0.1, 0.15) is 17.3 Å². The Balaban J connectivity index is 1.93. The first kappa shape index (κ1) is 14.5. The second-order valence-corrected chi connectivity index (χ2v) is 5.57. The number of nitrogens with zero attached hydrogens (tertiary/aromatic N) is 3. The van der Waals surface area contributed by atoms with E-state index in [4.69, 9.17) is 15.7 Å². The molecule has 0 aliphatic carbocycles. The summed E-state index contributed by atoms with van der Waals surface area (Å²) in [6.45, 7) is 0. The maximum Gasteiger partial charge on any atom is 0.160 e. The molecule has 116 valence electrons. The minimum Gasteiger partial charge on any atom is -0.319 e. The second kappa shape index (κ2) is 6.18. The molecule has 0 bridgehead atoms. The summed E-state index contributed by atoms with van der Waals surface area (Å²) in [5, 5.41) is 0.974. The Bertz CT molecular complexity index is 968. The zero-order chi connectivity index (χ0) is 16.4. The van der Waals surface area contributed by atoms with Gasteiger partial charge >= 0.3 is 0 Å². The number of aromatic nitrogens is 3. The molecule has 0 amide bonds. The summed E-state index contributed by atoms with van der Waals surface area (Å²) in [6, 6.07) is 21.4. The van der Waals surface area contributed by atoms with E-state index < -0.39 is 0 Å². The van der Waals surface area contributed by atoms with Crippen LogP contribution in [0.2, 0.25) is 0 Å². The lowest BCUT2D eigenvalue weighted by molar-refractivity contribution is 0.834. The van der Waals surface area contributed by atoms with E-state index >= 15 is 0 Å². The van der Waals surface area contributed by atoms with E-state index in [2.05, 4.69) is 4.98 Å². The highest BCUT2D eigenvalue weighted by Gasteiger charge is 2.16. The second-order valence-electron chi connectivity index (χ2n) is 5.57. The highest BCUT2D eigenvalue weighted by Crippen LogP contribution is 2.27. The van der Waals surface area contributed by atoms with Crippen molar-refractivity contribution in [2.24, 2.45) is 5.73 Å². The molecule has 0 fully saturated rings. The van der Waals surface area contributed by atoms with Crippen LogP contribution in [0.4, 0.5) is 0 Å². The first-order chi connectivity index (χ1) is 11.8. The molecule has 1 unspecified atom stereocenters. The fourth-order valence-corrected chi connectivity index (χ4v) is 2.78. The van der Waals surface area contributed by atoms with Crippen molar-refractivity contribution >= 4 is 10.9 Å². The number of hydrogen-bond donors (Lipinski definition) is 1. The van der Waals surface area contributed by atoms with E-state index in [0.717, 1.165) is 27.7 Å². The Labute approximate surface area is 140 Å². The van der Waals surface area contributed by atoms with Crippen LogP contribution in [-0.2, 0) is 0 Å². The summed E-state index contributed by atoms with van der Waals surface area (Å²) in [5.74, 6) is 0.689. The van der Waals surface area contributed by atoms with Crippen LogP contribution in [-0.4, -0.2) is 15.0 Å². The number of para-hydroxylation sites is 1. The molecule has 0 aliphatic heterocycles. The summed E-state index contributed by atoms with van der Waals surface area (Å²) in [7, 11) is 0. The molecule has 4 rings (SSSR count). The van der Waals surface area contributed by atoms with Gasteiger partial charge in [-0.25, -0.2) is 9.97 Å². The van der Waals surface area contributed by atoms with E-state index in [1.807, 2.05) is 66.7 Å². The third-order valence-electron chi connectivity index (χ3n) is 4.02. The van der Waals surface area contributed by atoms with E-state index in [1.54, 1.807) is 12.4 Å². The van der Waals surface area contributed by atoms with E-state index in [0.29, 0.717) is 5.82 Å². The lowest BCUT2D eigenvalue weighted by Gasteiger charge is -2.15. The quantitative estimate of drug-likeness (QED) is 0.626. The first-order valence-corrected chi connectivity index (χ1v) is 7.80. The lowest BCUT2D eigenvalue weighted by Crippen LogP contribution is -2.15. The van der Waals surface area contributed by atoms with Crippen LogP contribution >= 0.6 is 0 Å². The third kappa shape index (κ3) is 2.64. The topological polar surface area (TPSA) is 64.7 Å². The normalized spacial score (nSPS) is 12.2. The molecule has 24 heavy (non-hydrogen) atoms. The number of hydrogen-bond acceptors (Lipinski definition) is 4. The molecule has 0 spiro atoms. The molecule has 4 aromatic rings. The molecule has 2 heterocycles. The van der Waals surface area contributed by atoms with Crippen LogP contribution in [0.3, 0.4) is 0 Å². The number of nitrogens with two attached hydrogens (primary N) is 1. The fourth-order valence-electron chi connectivity index (χ4n) is 2.78. The highest BCUT2D eigenvalue weighted by molar-refractivity contribution is 5.83. The average molecular weight is 312 g/mol. The predicted molar refractivity (Wildman–Crippen MR) is 95.2 cm³/mol. The Morgan fingerprint density at radius 1 is 0.750 bits per heavy atom. The smallest absolute Gasteiger partial charge is 0.160 e. The van der Waals surface area contributed by atoms with Gasteiger partial charge in [0.2, 0.25) is 0 Å². The zero-order valence-electron chi connectivity index (χ0n) is 13.0. The molecule has 4 heteroatoms. The monoisotopic (exact) mass is 312 g/mol. The molecule has 0 saturated heterocycles. The van der Waals surface area contributed by atoms with Gasteiger partial charge in [-0.05, 0) is 23.8 Å². The Morgan fingerprint density at radius 2 is 1.46 bits per heavy atom. The molecule has 4 nitrogen and oxygen atoms in total. The van der Waals surface area contributed by atoms with Gasteiger partial charge in [-0.3, -0.25) is 4.98 Å². The van der Waals surface area contributed by atoms with Crippen molar-refractivity contribution in [2.45, 2.75) is 6.04 Å². The van der Waals surface area contributed by atoms with Gasteiger partial charge in [-0.15, -0.1) is 0 Å². The highest BCUT2D eigenvalue weighted by atomic mass is 14.9. The van der Waals surface area contributed by atoms with Crippen molar-refractivity contribution < 1.29 is 0 Å². The van der Waals surface area contributed by atoms with E-state index in [9.17, 15) is 0 Å². The number of fused-ring (bicyclic) bond motifs is 1. The summed E-state index contributed by atoms with van der Waals surface area (Å²) in [4.78, 5) is 13.6. The summed E-state index contributed by atoms with van der Waals surface area (Å²) >= 11 is 0. The van der Waals surface area contributed by atoms with Gasteiger partial charge < -0.3 is 5.73 Å². The number of pyridine rings is 1. The van der Waals surface area contributed by atoms with Crippen molar-refractivity contribution in [3.63, 3.8) is 0 Å².